The van der Waals surface area contributed by atoms with Crippen LogP contribution in [-0.4, -0.2) is 13.1 Å². The van der Waals surface area contributed by atoms with Gasteiger partial charge in [0.1, 0.15) is 5.75 Å². The van der Waals surface area contributed by atoms with Gasteiger partial charge in [-0.1, -0.05) is 24.3 Å². The molecule has 0 saturated heterocycles. The van der Waals surface area contributed by atoms with Gasteiger partial charge in [0.25, 0.3) is 0 Å². The summed E-state index contributed by atoms with van der Waals surface area (Å²) in [5.41, 5.74) is 0.950. The minimum atomic E-state index is -0.457. The predicted molar refractivity (Wildman–Crippen MR) is 55.4 cm³/mol. The molecule has 3 nitrogen and oxygen atoms in total. The largest absolute Gasteiger partial charge is 0.412 e. The van der Waals surface area contributed by atoms with Crippen LogP contribution in [0.1, 0.15) is 5.56 Å². The van der Waals surface area contributed by atoms with Gasteiger partial charge in [-0.2, -0.15) is 0 Å². The molecular weight excluding hydrogens is 178 g/mol. The summed E-state index contributed by atoms with van der Waals surface area (Å²) < 4.78 is 5.05. The van der Waals surface area contributed by atoms with Gasteiger partial charge < -0.3 is 10.1 Å². The zero-order valence-electron chi connectivity index (χ0n) is 8.12. The Kier molecular flexibility index (Phi) is 3.73. The van der Waals surface area contributed by atoms with Gasteiger partial charge in [-0.15, -0.1) is 6.58 Å². The maximum Gasteiger partial charge on any atom is 0.412 e. The molecule has 0 radical (unpaired) electrons. The molecule has 74 valence electrons. The minimum absolute atomic E-state index is 0.457. The van der Waals surface area contributed by atoms with E-state index >= 15 is 0 Å². The van der Waals surface area contributed by atoms with Crippen molar-refractivity contribution in [1.29, 1.82) is 0 Å². The van der Waals surface area contributed by atoms with E-state index in [1.807, 2.05) is 18.2 Å². The van der Waals surface area contributed by atoms with Gasteiger partial charge in [0, 0.05) is 7.05 Å². The Morgan fingerprint density at radius 2 is 2.29 bits per heavy atom. The molecule has 0 heterocycles. The zero-order chi connectivity index (χ0) is 10.4. The highest BCUT2D eigenvalue weighted by Gasteiger charge is 2.05. The fourth-order valence-electron chi connectivity index (χ4n) is 1.08. The molecule has 0 fully saturated rings. The van der Waals surface area contributed by atoms with Gasteiger partial charge in [-0.25, -0.2) is 4.79 Å². The molecule has 1 aromatic rings. The van der Waals surface area contributed by atoms with Crippen molar-refractivity contribution in [3.05, 3.63) is 42.5 Å². The average molecular weight is 191 g/mol. The van der Waals surface area contributed by atoms with Crippen molar-refractivity contribution in [1.82, 2.24) is 5.32 Å². The molecule has 0 spiro atoms. The highest BCUT2D eigenvalue weighted by molar-refractivity contribution is 5.70. The van der Waals surface area contributed by atoms with Crippen LogP contribution in [0.15, 0.2) is 36.9 Å². The van der Waals surface area contributed by atoms with Crippen LogP contribution in [0.4, 0.5) is 4.79 Å². The second-order valence-corrected chi connectivity index (χ2v) is 2.74. The van der Waals surface area contributed by atoms with Crippen LogP contribution in [0, 0.1) is 0 Å². The number of carbonyl (C=O) groups excluding carboxylic acids is 1. The van der Waals surface area contributed by atoms with Crippen LogP contribution in [0.25, 0.3) is 0 Å². The Balaban J connectivity index is 2.83. The highest BCUT2D eigenvalue weighted by atomic mass is 16.6. The van der Waals surface area contributed by atoms with E-state index in [9.17, 15) is 4.79 Å². The van der Waals surface area contributed by atoms with E-state index < -0.39 is 6.09 Å². The van der Waals surface area contributed by atoms with Gasteiger partial charge in [0.15, 0.2) is 0 Å². The minimum Gasteiger partial charge on any atom is -0.410 e. The summed E-state index contributed by atoms with van der Waals surface area (Å²) in [5.74, 6) is 0.576. The quantitative estimate of drug-likeness (QED) is 0.743. The summed E-state index contributed by atoms with van der Waals surface area (Å²) >= 11 is 0. The number of allylic oxidation sites excluding steroid dienone is 1. The number of amides is 1. The lowest BCUT2D eigenvalue weighted by Crippen LogP contribution is -2.22. The molecule has 0 aliphatic rings. The van der Waals surface area contributed by atoms with Crippen LogP contribution >= 0.6 is 0 Å². The normalized spacial score (nSPS) is 9.21. The van der Waals surface area contributed by atoms with E-state index in [1.54, 1.807) is 12.1 Å². The molecule has 0 bridgehead atoms. The Morgan fingerprint density at radius 1 is 1.57 bits per heavy atom. The van der Waals surface area contributed by atoms with Crippen molar-refractivity contribution < 1.29 is 9.53 Å². The lowest BCUT2D eigenvalue weighted by molar-refractivity contribution is 0.202. The van der Waals surface area contributed by atoms with Crippen molar-refractivity contribution in [3.63, 3.8) is 0 Å². The first kappa shape index (κ1) is 10.3. The smallest absolute Gasteiger partial charge is 0.410 e. The molecule has 0 atom stereocenters. The van der Waals surface area contributed by atoms with Crippen LogP contribution in [0.2, 0.25) is 0 Å². The number of nitrogens with one attached hydrogen (secondary N) is 1. The van der Waals surface area contributed by atoms with E-state index in [4.69, 9.17) is 4.74 Å². The van der Waals surface area contributed by atoms with Crippen molar-refractivity contribution in [2.24, 2.45) is 0 Å². The standard InChI is InChI=1S/C11H13NO2/c1-3-6-9-7-4-5-8-10(9)14-11(13)12-2/h3-5,7-8H,1,6H2,2H3,(H,12,13). The van der Waals surface area contributed by atoms with Gasteiger partial charge in [0.05, 0.1) is 0 Å². The SMILES string of the molecule is C=CCc1ccccc1OC(=O)NC. The number of rotatable bonds is 3. The summed E-state index contributed by atoms with van der Waals surface area (Å²) in [6, 6.07) is 7.38. The first-order chi connectivity index (χ1) is 6.77. The summed E-state index contributed by atoms with van der Waals surface area (Å²) in [5, 5.41) is 2.40. The van der Waals surface area contributed by atoms with Gasteiger partial charge >= 0.3 is 6.09 Å². The molecule has 0 aliphatic heterocycles. The lowest BCUT2D eigenvalue weighted by Gasteiger charge is -2.07. The lowest BCUT2D eigenvalue weighted by atomic mass is 10.1. The van der Waals surface area contributed by atoms with Crippen molar-refractivity contribution in [2.75, 3.05) is 7.05 Å². The van der Waals surface area contributed by atoms with Crippen molar-refractivity contribution in [3.8, 4) is 5.75 Å². The molecule has 0 saturated carbocycles. The predicted octanol–water partition coefficient (Wildman–Crippen LogP) is 2.13. The van der Waals surface area contributed by atoms with E-state index in [2.05, 4.69) is 11.9 Å². The van der Waals surface area contributed by atoms with E-state index in [1.165, 1.54) is 7.05 Å². The molecule has 3 heteroatoms. The third kappa shape index (κ3) is 2.62. The maximum absolute atomic E-state index is 11.0. The number of hydrogen-bond donors (Lipinski definition) is 1. The van der Waals surface area contributed by atoms with Crippen molar-refractivity contribution in [2.45, 2.75) is 6.42 Å². The topological polar surface area (TPSA) is 38.3 Å². The molecule has 1 rings (SSSR count). The Labute approximate surface area is 83.4 Å². The number of hydrogen-bond acceptors (Lipinski definition) is 2. The zero-order valence-corrected chi connectivity index (χ0v) is 8.12. The summed E-state index contributed by atoms with van der Waals surface area (Å²) in [6.45, 7) is 3.64. The second kappa shape index (κ2) is 5.07. The second-order valence-electron chi connectivity index (χ2n) is 2.74. The molecule has 14 heavy (non-hydrogen) atoms. The summed E-state index contributed by atoms with van der Waals surface area (Å²) in [7, 11) is 1.53. The van der Waals surface area contributed by atoms with E-state index in [0.29, 0.717) is 12.2 Å². The summed E-state index contributed by atoms with van der Waals surface area (Å²) in [4.78, 5) is 11.0. The molecule has 1 amide bonds. The van der Waals surface area contributed by atoms with Gasteiger partial charge in [0.2, 0.25) is 0 Å². The van der Waals surface area contributed by atoms with Crippen LogP contribution in [-0.2, 0) is 6.42 Å². The Bertz CT molecular complexity index is 334. The first-order valence-corrected chi connectivity index (χ1v) is 4.36. The molecule has 0 aliphatic carbocycles. The van der Waals surface area contributed by atoms with Crippen molar-refractivity contribution >= 4 is 6.09 Å². The Hall–Kier alpha value is -1.77. The number of benzene rings is 1. The van der Waals surface area contributed by atoms with E-state index in [0.717, 1.165) is 5.56 Å². The van der Waals surface area contributed by atoms with E-state index in [-0.39, 0.29) is 0 Å². The molecule has 0 unspecified atom stereocenters. The van der Waals surface area contributed by atoms with Crippen LogP contribution in [0.3, 0.4) is 0 Å². The monoisotopic (exact) mass is 191 g/mol. The fraction of sp³-hybridized carbons (Fsp3) is 0.182. The third-order valence-corrected chi connectivity index (χ3v) is 1.74. The fourth-order valence-corrected chi connectivity index (χ4v) is 1.08. The van der Waals surface area contributed by atoms with Gasteiger partial charge in [-0.05, 0) is 18.1 Å². The first-order valence-electron chi connectivity index (χ1n) is 4.36. The third-order valence-electron chi connectivity index (χ3n) is 1.74. The Morgan fingerprint density at radius 3 is 2.93 bits per heavy atom. The number of para-hydroxylation sites is 1. The molecule has 0 aromatic heterocycles. The van der Waals surface area contributed by atoms with Crippen LogP contribution < -0.4 is 10.1 Å². The summed E-state index contributed by atoms with van der Waals surface area (Å²) in [6.07, 6.45) is 2.00. The average Bonchev–Trinajstić information content (AvgIpc) is 2.21. The molecule has 1 N–H and O–H groups in total. The number of ether oxygens (including phenoxy) is 1. The highest BCUT2D eigenvalue weighted by Crippen LogP contribution is 2.18. The molecule has 1 aromatic carbocycles. The number of carbonyl (C=O) groups is 1. The maximum atomic E-state index is 11.0. The molecular formula is C11H13NO2. The van der Waals surface area contributed by atoms with Gasteiger partial charge in [-0.3, -0.25) is 0 Å². The van der Waals surface area contributed by atoms with Crippen LogP contribution in [0.5, 0.6) is 5.75 Å².